The zero-order valence-electron chi connectivity index (χ0n) is 16.6. The molecule has 1 atom stereocenters. The number of aromatic nitrogens is 3. The Morgan fingerprint density at radius 1 is 1.07 bits per heavy atom. The summed E-state index contributed by atoms with van der Waals surface area (Å²) in [5.74, 6) is 0.0310. The molecule has 0 aliphatic rings. The third kappa shape index (κ3) is 3.84. The lowest BCUT2D eigenvalue weighted by atomic mass is 10.0. The predicted molar refractivity (Wildman–Crippen MR) is 116 cm³/mol. The highest BCUT2D eigenvalue weighted by molar-refractivity contribution is 7.12. The Labute approximate surface area is 174 Å². The van der Waals surface area contributed by atoms with E-state index in [2.05, 4.69) is 41.3 Å². The molecule has 0 fully saturated rings. The van der Waals surface area contributed by atoms with E-state index in [9.17, 15) is 4.79 Å². The van der Waals surface area contributed by atoms with Gasteiger partial charge in [0.25, 0.3) is 5.91 Å². The van der Waals surface area contributed by atoms with E-state index >= 15 is 0 Å². The highest BCUT2D eigenvalue weighted by Crippen LogP contribution is 2.31. The van der Waals surface area contributed by atoms with Crippen molar-refractivity contribution in [3.05, 3.63) is 88.6 Å². The Morgan fingerprint density at radius 2 is 1.79 bits per heavy atom. The van der Waals surface area contributed by atoms with Gasteiger partial charge in [0.15, 0.2) is 0 Å². The van der Waals surface area contributed by atoms with Crippen molar-refractivity contribution in [1.29, 1.82) is 0 Å². The highest BCUT2D eigenvalue weighted by Gasteiger charge is 2.23. The van der Waals surface area contributed by atoms with Gasteiger partial charge in [-0.2, -0.15) is 5.10 Å². The zero-order chi connectivity index (χ0) is 20.4. The monoisotopic (exact) mass is 402 g/mol. The van der Waals surface area contributed by atoms with Gasteiger partial charge in [0.1, 0.15) is 12.7 Å². The minimum absolute atomic E-state index is 0.0310. The molecule has 0 saturated heterocycles. The molecular weight excluding hydrogens is 380 g/mol. The Kier molecular flexibility index (Phi) is 5.27. The maximum Gasteiger partial charge on any atom is 0.264 e. The van der Waals surface area contributed by atoms with Gasteiger partial charge in [0.05, 0.1) is 16.6 Å². The van der Waals surface area contributed by atoms with Crippen LogP contribution < -0.4 is 0 Å². The number of carbonyl (C=O) groups is 1. The predicted octanol–water partition coefficient (Wildman–Crippen LogP) is 5.14. The summed E-state index contributed by atoms with van der Waals surface area (Å²) in [6.07, 6.45) is 3.17. The lowest BCUT2D eigenvalue weighted by molar-refractivity contribution is 0.0748. The van der Waals surface area contributed by atoms with Crippen LogP contribution in [0.1, 0.15) is 33.8 Å². The van der Waals surface area contributed by atoms with Crippen LogP contribution in [0, 0.1) is 6.92 Å². The quantitative estimate of drug-likeness (QED) is 0.465. The first-order valence-corrected chi connectivity index (χ1v) is 10.3. The summed E-state index contributed by atoms with van der Waals surface area (Å²) in [4.78, 5) is 19.8. The first-order valence-electron chi connectivity index (χ1n) is 9.41. The topological polar surface area (TPSA) is 51.0 Å². The molecule has 0 N–H and O–H groups in total. The van der Waals surface area contributed by atoms with Gasteiger partial charge in [-0.25, -0.2) is 9.67 Å². The molecule has 2 aromatic carbocycles. The summed E-state index contributed by atoms with van der Waals surface area (Å²) in [6.45, 7) is 4.11. The summed E-state index contributed by atoms with van der Waals surface area (Å²) in [5.41, 5.74) is 5.27. The fourth-order valence-electron chi connectivity index (χ4n) is 3.24. The van der Waals surface area contributed by atoms with Crippen LogP contribution in [0.25, 0.3) is 16.8 Å². The molecular formula is C23H22N4OS. The molecule has 29 heavy (non-hydrogen) atoms. The summed E-state index contributed by atoms with van der Waals surface area (Å²) in [6, 6.07) is 18.3. The number of carbonyl (C=O) groups excluding carboxylic acids is 1. The molecule has 1 amide bonds. The minimum atomic E-state index is -0.0553. The lowest BCUT2D eigenvalue weighted by Crippen LogP contribution is -2.29. The molecule has 146 valence electrons. The van der Waals surface area contributed by atoms with Crippen LogP contribution in [0.4, 0.5) is 0 Å². The number of benzene rings is 2. The summed E-state index contributed by atoms with van der Waals surface area (Å²) in [5, 5.41) is 6.12. The molecule has 0 spiro atoms. The molecule has 0 bridgehead atoms. The van der Waals surface area contributed by atoms with Crippen molar-refractivity contribution in [2.75, 3.05) is 7.05 Å². The smallest absolute Gasteiger partial charge is 0.264 e. The van der Waals surface area contributed by atoms with Crippen molar-refractivity contribution in [3.63, 3.8) is 0 Å². The molecule has 0 saturated carbocycles. The van der Waals surface area contributed by atoms with Crippen molar-refractivity contribution in [2.24, 2.45) is 0 Å². The SMILES string of the molecule is Cc1ccc(-c2ccsc2C(=O)N(C)[C@H](C)c2ccc(-n3cncn3)cc2)cc1. The maximum atomic E-state index is 13.2. The number of hydrogen-bond donors (Lipinski definition) is 0. The Bertz CT molecular complexity index is 1100. The highest BCUT2D eigenvalue weighted by atomic mass is 32.1. The van der Waals surface area contributed by atoms with E-state index in [1.807, 2.05) is 49.7 Å². The zero-order valence-corrected chi connectivity index (χ0v) is 17.4. The molecule has 0 radical (unpaired) electrons. The van der Waals surface area contributed by atoms with E-state index < -0.39 is 0 Å². The Hall–Kier alpha value is -3.25. The van der Waals surface area contributed by atoms with Crippen LogP contribution >= 0.6 is 11.3 Å². The van der Waals surface area contributed by atoms with E-state index in [1.165, 1.54) is 23.2 Å². The normalized spacial score (nSPS) is 12.0. The van der Waals surface area contributed by atoms with Gasteiger partial charge in [-0.3, -0.25) is 4.79 Å². The first kappa shape index (κ1) is 19.1. The fraction of sp³-hybridized carbons (Fsp3) is 0.174. The van der Waals surface area contributed by atoms with Crippen LogP contribution in [0.5, 0.6) is 0 Å². The third-order valence-corrected chi connectivity index (χ3v) is 6.08. The van der Waals surface area contributed by atoms with Crippen LogP contribution in [0.2, 0.25) is 0 Å². The fourth-order valence-corrected chi connectivity index (χ4v) is 4.14. The standard InChI is InChI=1S/C23H22N4OS/c1-16-4-6-19(7-5-16)21-12-13-29-22(21)23(28)26(3)17(2)18-8-10-20(11-9-18)27-15-24-14-25-27/h4-15,17H,1-3H3/t17-/m1/s1. The molecule has 4 aromatic rings. The molecule has 2 heterocycles. The lowest BCUT2D eigenvalue weighted by Gasteiger charge is -2.25. The number of thiophene rings is 1. The number of amides is 1. The second-order valence-electron chi connectivity index (χ2n) is 7.05. The first-order chi connectivity index (χ1) is 14.0. The van der Waals surface area contributed by atoms with Gasteiger partial charge in [-0.15, -0.1) is 11.3 Å². The molecule has 2 aromatic heterocycles. The van der Waals surface area contributed by atoms with Crippen molar-refractivity contribution in [1.82, 2.24) is 19.7 Å². The van der Waals surface area contributed by atoms with Crippen molar-refractivity contribution < 1.29 is 4.79 Å². The second kappa shape index (κ2) is 8.01. The number of nitrogens with zero attached hydrogens (tertiary/aromatic N) is 4. The van der Waals surface area contributed by atoms with Gasteiger partial charge in [-0.05, 0) is 48.6 Å². The van der Waals surface area contributed by atoms with E-state index in [1.54, 1.807) is 15.9 Å². The van der Waals surface area contributed by atoms with Crippen molar-refractivity contribution >= 4 is 17.2 Å². The molecule has 0 unspecified atom stereocenters. The van der Waals surface area contributed by atoms with Gasteiger partial charge in [0.2, 0.25) is 0 Å². The maximum absolute atomic E-state index is 13.2. The number of aryl methyl sites for hydroxylation is 1. The molecule has 0 aliphatic carbocycles. The number of hydrogen-bond acceptors (Lipinski definition) is 4. The van der Waals surface area contributed by atoms with Crippen LogP contribution in [0.15, 0.2) is 72.6 Å². The Morgan fingerprint density at radius 3 is 2.45 bits per heavy atom. The average molecular weight is 403 g/mol. The van der Waals surface area contributed by atoms with Crippen LogP contribution in [-0.2, 0) is 0 Å². The van der Waals surface area contributed by atoms with Crippen LogP contribution in [-0.4, -0.2) is 32.6 Å². The molecule has 5 nitrogen and oxygen atoms in total. The molecule has 0 aliphatic heterocycles. The van der Waals surface area contributed by atoms with E-state index in [-0.39, 0.29) is 11.9 Å². The number of rotatable bonds is 5. The van der Waals surface area contributed by atoms with E-state index in [0.29, 0.717) is 0 Å². The van der Waals surface area contributed by atoms with Crippen molar-refractivity contribution in [2.45, 2.75) is 19.9 Å². The third-order valence-electron chi connectivity index (χ3n) is 5.18. The summed E-state index contributed by atoms with van der Waals surface area (Å²) in [7, 11) is 1.86. The van der Waals surface area contributed by atoms with E-state index in [4.69, 9.17) is 0 Å². The molecule has 6 heteroatoms. The van der Waals surface area contributed by atoms with Crippen molar-refractivity contribution in [3.8, 4) is 16.8 Å². The van der Waals surface area contributed by atoms with Gasteiger partial charge in [-0.1, -0.05) is 42.0 Å². The second-order valence-corrected chi connectivity index (χ2v) is 7.97. The largest absolute Gasteiger partial charge is 0.334 e. The van der Waals surface area contributed by atoms with E-state index in [0.717, 1.165) is 27.3 Å². The van der Waals surface area contributed by atoms with Gasteiger partial charge >= 0.3 is 0 Å². The van der Waals surface area contributed by atoms with Crippen LogP contribution in [0.3, 0.4) is 0 Å². The summed E-state index contributed by atoms with van der Waals surface area (Å²) >= 11 is 1.49. The summed E-state index contributed by atoms with van der Waals surface area (Å²) < 4.78 is 1.71. The Balaban J connectivity index is 1.55. The van der Waals surface area contributed by atoms with Gasteiger partial charge in [0, 0.05) is 12.6 Å². The minimum Gasteiger partial charge on any atom is -0.334 e. The molecule has 4 rings (SSSR count). The van der Waals surface area contributed by atoms with Gasteiger partial charge < -0.3 is 4.90 Å². The average Bonchev–Trinajstić information content (AvgIpc) is 3.45.